The van der Waals surface area contributed by atoms with Crippen molar-refractivity contribution < 1.29 is 9.50 Å². The average molecular weight is 289 g/mol. The van der Waals surface area contributed by atoms with E-state index in [1.54, 1.807) is 0 Å². The third-order valence-corrected chi connectivity index (χ3v) is 3.38. The van der Waals surface area contributed by atoms with Crippen LogP contribution >= 0.6 is 15.9 Å². The summed E-state index contributed by atoms with van der Waals surface area (Å²) in [4.78, 5) is 2.13. The van der Waals surface area contributed by atoms with Crippen molar-refractivity contribution in [3.05, 3.63) is 28.0 Å². The van der Waals surface area contributed by atoms with E-state index in [1.165, 1.54) is 12.1 Å². The summed E-state index contributed by atoms with van der Waals surface area (Å²) in [5.74, 6) is -0.335. The van der Waals surface area contributed by atoms with E-state index in [1.807, 2.05) is 0 Å². The summed E-state index contributed by atoms with van der Waals surface area (Å²) < 4.78 is 14.2. The Bertz CT molecular complexity index is 380. The Balaban J connectivity index is 2.16. The van der Waals surface area contributed by atoms with Crippen LogP contribution in [0.4, 0.5) is 4.39 Å². The fraction of sp³-hybridized carbons (Fsp3) is 0.455. The molecule has 88 valence electrons. The number of halogens is 2. The molecule has 1 aliphatic heterocycles. The smallest absolute Gasteiger partial charge is 0.145 e. The van der Waals surface area contributed by atoms with Crippen molar-refractivity contribution in [2.45, 2.75) is 6.54 Å². The Morgan fingerprint density at radius 1 is 1.38 bits per heavy atom. The summed E-state index contributed by atoms with van der Waals surface area (Å²) in [7, 11) is 0. The Labute approximate surface area is 102 Å². The molecule has 1 aliphatic rings. The molecule has 1 aromatic rings. The van der Waals surface area contributed by atoms with Crippen molar-refractivity contribution in [2.75, 3.05) is 26.2 Å². The van der Waals surface area contributed by atoms with Crippen molar-refractivity contribution in [3.63, 3.8) is 0 Å². The van der Waals surface area contributed by atoms with E-state index >= 15 is 0 Å². The van der Waals surface area contributed by atoms with Gasteiger partial charge in [0.2, 0.25) is 0 Å². The number of hydrogen-bond donors (Lipinski definition) is 2. The van der Waals surface area contributed by atoms with Gasteiger partial charge in [-0.3, -0.25) is 4.90 Å². The van der Waals surface area contributed by atoms with Gasteiger partial charge in [0.05, 0.1) is 4.47 Å². The summed E-state index contributed by atoms with van der Waals surface area (Å²) in [6, 6.07) is 3.04. The van der Waals surface area contributed by atoms with Gasteiger partial charge in [0.25, 0.3) is 0 Å². The third-order valence-electron chi connectivity index (χ3n) is 2.76. The van der Waals surface area contributed by atoms with Crippen LogP contribution in [0.2, 0.25) is 0 Å². The van der Waals surface area contributed by atoms with Crippen LogP contribution in [0, 0.1) is 5.82 Å². The molecule has 2 rings (SSSR count). The molecule has 16 heavy (non-hydrogen) atoms. The second kappa shape index (κ2) is 5.12. The minimum absolute atomic E-state index is 0.0271. The zero-order chi connectivity index (χ0) is 11.5. The predicted octanol–water partition coefficient (Wildman–Crippen LogP) is 1.70. The summed E-state index contributed by atoms with van der Waals surface area (Å²) >= 11 is 3.13. The topological polar surface area (TPSA) is 35.5 Å². The van der Waals surface area contributed by atoms with E-state index in [0.717, 1.165) is 26.2 Å². The van der Waals surface area contributed by atoms with E-state index in [-0.39, 0.29) is 11.6 Å². The minimum atomic E-state index is -0.362. The van der Waals surface area contributed by atoms with E-state index < -0.39 is 0 Å². The van der Waals surface area contributed by atoms with Crippen molar-refractivity contribution >= 4 is 15.9 Å². The van der Waals surface area contributed by atoms with Crippen molar-refractivity contribution in [1.29, 1.82) is 0 Å². The molecule has 0 spiro atoms. The number of nitrogens with zero attached hydrogens (tertiary/aromatic N) is 1. The molecule has 0 saturated carbocycles. The first kappa shape index (κ1) is 11.8. The van der Waals surface area contributed by atoms with Crippen molar-refractivity contribution in [1.82, 2.24) is 10.2 Å². The predicted molar refractivity (Wildman–Crippen MR) is 63.9 cm³/mol. The number of phenolic OH excluding ortho intramolecular Hbond substituents is 1. The number of benzene rings is 1. The van der Waals surface area contributed by atoms with Crippen molar-refractivity contribution in [2.24, 2.45) is 0 Å². The second-order valence-corrected chi connectivity index (χ2v) is 4.74. The van der Waals surface area contributed by atoms with Gasteiger partial charge in [-0.05, 0) is 28.1 Å². The lowest BCUT2D eigenvalue weighted by molar-refractivity contribution is 0.227. The fourth-order valence-corrected chi connectivity index (χ4v) is 2.20. The molecular formula is C11H14BrFN2O. The maximum absolute atomic E-state index is 13.8. The lowest BCUT2D eigenvalue weighted by atomic mass is 10.1. The third kappa shape index (κ3) is 2.53. The van der Waals surface area contributed by atoms with Gasteiger partial charge in [-0.15, -0.1) is 0 Å². The van der Waals surface area contributed by atoms with Gasteiger partial charge in [0.15, 0.2) is 0 Å². The van der Waals surface area contributed by atoms with Crippen LogP contribution < -0.4 is 5.32 Å². The molecule has 1 saturated heterocycles. The molecule has 0 amide bonds. The highest BCUT2D eigenvalue weighted by molar-refractivity contribution is 9.10. The standard InChI is InChI=1S/C11H14BrFN2O/c12-9-1-2-10(16)8(11(9)13)7-15-5-3-14-4-6-15/h1-2,14,16H,3-7H2. The molecule has 0 unspecified atom stereocenters. The van der Waals surface area contributed by atoms with Crippen LogP contribution in [0.1, 0.15) is 5.56 Å². The van der Waals surface area contributed by atoms with Gasteiger partial charge in [-0.1, -0.05) is 0 Å². The summed E-state index contributed by atoms with van der Waals surface area (Å²) in [5.41, 5.74) is 0.372. The molecule has 1 aromatic carbocycles. The van der Waals surface area contributed by atoms with Crippen LogP contribution in [0.5, 0.6) is 5.75 Å². The van der Waals surface area contributed by atoms with E-state index in [2.05, 4.69) is 26.1 Å². The van der Waals surface area contributed by atoms with Crippen molar-refractivity contribution in [3.8, 4) is 5.75 Å². The molecule has 0 atom stereocenters. The maximum Gasteiger partial charge on any atom is 0.145 e. The first-order valence-corrected chi connectivity index (χ1v) is 6.06. The molecule has 1 fully saturated rings. The highest BCUT2D eigenvalue weighted by Gasteiger charge is 2.16. The van der Waals surface area contributed by atoms with Crippen LogP contribution in [-0.2, 0) is 6.54 Å². The largest absolute Gasteiger partial charge is 0.508 e. The van der Waals surface area contributed by atoms with Crippen LogP contribution in [0.15, 0.2) is 16.6 Å². The monoisotopic (exact) mass is 288 g/mol. The van der Waals surface area contributed by atoms with Gasteiger partial charge >= 0.3 is 0 Å². The van der Waals surface area contributed by atoms with Crippen LogP contribution in [0.3, 0.4) is 0 Å². The van der Waals surface area contributed by atoms with E-state index in [0.29, 0.717) is 16.6 Å². The van der Waals surface area contributed by atoms with Crippen LogP contribution in [-0.4, -0.2) is 36.2 Å². The molecule has 3 nitrogen and oxygen atoms in total. The molecule has 5 heteroatoms. The zero-order valence-electron chi connectivity index (χ0n) is 8.84. The summed E-state index contributed by atoms with van der Waals surface area (Å²) in [6.45, 7) is 4.04. The van der Waals surface area contributed by atoms with Gasteiger partial charge in [0.1, 0.15) is 11.6 Å². The maximum atomic E-state index is 13.8. The molecular weight excluding hydrogens is 275 g/mol. The highest BCUT2D eigenvalue weighted by Crippen LogP contribution is 2.27. The molecule has 1 heterocycles. The van der Waals surface area contributed by atoms with E-state index in [9.17, 15) is 9.50 Å². The number of nitrogens with one attached hydrogen (secondary N) is 1. The molecule has 0 aromatic heterocycles. The molecule has 0 radical (unpaired) electrons. The number of rotatable bonds is 2. The average Bonchev–Trinajstić information content (AvgIpc) is 2.31. The number of phenols is 1. The molecule has 0 aliphatic carbocycles. The Morgan fingerprint density at radius 3 is 2.75 bits per heavy atom. The lowest BCUT2D eigenvalue weighted by Gasteiger charge is -2.27. The quantitative estimate of drug-likeness (QED) is 0.870. The van der Waals surface area contributed by atoms with Gasteiger partial charge in [-0.2, -0.15) is 0 Å². The zero-order valence-corrected chi connectivity index (χ0v) is 10.4. The fourth-order valence-electron chi connectivity index (χ4n) is 1.83. The molecule has 0 bridgehead atoms. The number of hydrogen-bond acceptors (Lipinski definition) is 3. The number of aromatic hydroxyl groups is 1. The van der Waals surface area contributed by atoms with Gasteiger partial charge in [0, 0.05) is 38.3 Å². The Kier molecular flexibility index (Phi) is 3.78. The normalized spacial score (nSPS) is 17.6. The lowest BCUT2D eigenvalue weighted by Crippen LogP contribution is -2.43. The first-order chi connectivity index (χ1) is 7.68. The summed E-state index contributed by atoms with van der Waals surface area (Å²) in [5, 5.41) is 12.9. The van der Waals surface area contributed by atoms with Gasteiger partial charge < -0.3 is 10.4 Å². The highest BCUT2D eigenvalue weighted by atomic mass is 79.9. The SMILES string of the molecule is Oc1ccc(Br)c(F)c1CN1CCNCC1. The van der Waals surface area contributed by atoms with Gasteiger partial charge in [-0.25, -0.2) is 4.39 Å². The Hall–Kier alpha value is -0.650. The van der Waals surface area contributed by atoms with E-state index in [4.69, 9.17) is 0 Å². The Morgan fingerprint density at radius 2 is 2.06 bits per heavy atom. The second-order valence-electron chi connectivity index (χ2n) is 3.89. The first-order valence-electron chi connectivity index (χ1n) is 5.27. The number of piperazine rings is 1. The molecule has 2 N–H and O–H groups in total. The summed E-state index contributed by atoms with van der Waals surface area (Å²) in [6.07, 6.45) is 0. The minimum Gasteiger partial charge on any atom is -0.508 e. The van der Waals surface area contributed by atoms with Crippen LogP contribution in [0.25, 0.3) is 0 Å².